The number of nitrogens with zero attached hydrogens (tertiary/aromatic N) is 2. The van der Waals surface area contributed by atoms with Crippen molar-refractivity contribution >= 4 is 5.91 Å². The third-order valence-electron chi connectivity index (χ3n) is 5.30. The standard InChI is InChI=1S/C19H28N2O2/c22-18-6-4-16(5-7-18)17-8-13-20(14-9-17)15-10-19(23)21-11-2-1-3-12-21/h4-7,17,22H,1-3,8-15H2. The Morgan fingerprint density at radius 1 is 1.00 bits per heavy atom. The zero-order chi connectivity index (χ0) is 16.1. The van der Waals surface area contributed by atoms with Gasteiger partial charge in [0.2, 0.25) is 5.91 Å². The highest BCUT2D eigenvalue weighted by molar-refractivity contribution is 5.76. The van der Waals surface area contributed by atoms with Gasteiger partial charge in [-0.15, -0.1) is 0 Å². The van der Waals surface area contributed by atoms with Crippen molar-refractivity contribution in [2.75, 3.05) is 32.7 Å². The first kappa shape index (κ1) is 16.3. The molecule has 2 heterocycles. The Bertz CT molecular complexity index is 501. The fourth-order valence-electron chi connectivity index (χ4n) is 3.79. The lowest BCUT2D eigenvalue weighted by molar-refractivity contribution is -0.132. The fourth-order valence-corrected chi connectivity index (χ4v) is 3.79. The molecule has 4 nitrogen and oxygen atoms in total. The van der Waals surface area contributed by atoms with Crippen molar-refractivity contribution < 1.29 is 9.90 Å². The third-order valence-corrected chi connectivity index (χ3v) is 5.30. The summed E-state index contributed by atoms with van der Waals surface area (Å²) in [5, 5.41) is 9.38. The Morgan fingerprint density at radius 3 is 2.30 bits per heavy atom. The van der Waals surface area contributed by atoms with Crippen LogP contribution in [0.5, 0.6) is 5.75 Å². The highest BCUT2D eigenvalue weighted by Gasteiger charge is 2.22. The van der Waals surface area contributed by atoms with E-state index >= 15 is 0 Å². The molecule has 1 aromatic rings. The first-order chi connectivity index (χ1) is 11.2. The van der Waals surface area contributed by atoms with Gasteiger partial charge in [0, 0.05) is 26.1 Å². The van der Waals surface area contributed by atoms with E-state index in [0.29, 0.717) is 24.0 Å². The lowest BCUT2D eigenvalue weighted by Gasteiger charge is -2.33. The van der Waals surface area contributed by atoms with Gasteiger partial charge in [-0.3, -0.25) is 4.79 Å². The maximum atomic E-state index is 12.2. The molecule has 2 fully saturated rings. The summed E-state index contributed by atoms with van der Waals surface area (Å²) in [6, 6.07) is 7.63. The van der Waals surface area contributed by atoms with Crippen LogP contribution in [-0.2, 0) is 4.79 Å². The number of phenolic OH excluding ortho intramolecular Hbond substituents is 1. The number of amides is 1. The van der Waals surface area contributed by atoms with Crippen LogP contribution in [0.1, 0.15) is 50.0 Å². The second-order valence-electron chi connectivity index (χ2n) is 6.90. The summed E-state index contributed by atoms with van der Waals surface area (Å²) in [6.45, 7) is 4.96. The Hall–Kier alpha value is -1.55. The average molecular weight is 316 g/mol. The van der Waals surface area contributed by atoms with Gasteiger partial charge in [-0.25, -0.2) is 0 Å². The Morgan fingerprint density at radius 2 is 1.65 bits per heavy atom. The molecule has 0 aromatic heterocycles. The molecule has 2 aliphatic heterocycles. The number of hydrogen-bond donors (Lipinski definition) is 1. The summed E-state index contributed by atoms with van der Waals surface area (Å²) in [6.07, 6.45) is 6.57. The van der Waals surface area contributed by atoms with Crippen molar-refractivity contribution in [2.24, 2.45) is 0 Å². The molecule has 0 unspecified atom stereocenters. The van der Waals surface area contributed by atoms with Gasteiger partial charge in [0.05, 0.1) is 0 Å². The SMILES string of the molecule is O=C(CCN1CCC(c2ccc(O)cc2)CC1)N1CCCCC1. The number of likely N-dealkylation sites (tertiary alicyclic amines) is 2. The van der Waals surface area contributed by atoms with E-state index in [2.05, 4.69) is 4.90 Å². The molecule has 2 aliphatic rings. The zero-order valence-electron chi connectivity index (χ0n) is 13.9. The molecule has 3 rings (SSSR count). The minimum atomic E-state index is 0.336. The largest absolute Gasteiger partial charge is 0.508 e. The summed E-state index contributed by atoms with van der Waals surface area (Å²) >= 11 is 0. The van der Waals surface area contributed by atoms with Crippen molar-refractivity contribution in [1.82, 2.24) is 9.80 Å². The van der Waals surface area contributed by atoms with Crippen molar-refractivity contribution in [1.29, 1.82) is 0 Å². The van der Waals surface area contributed by atoms with Crippen molar-refractivity contribution in [3.05, 3.63) is 29.8 Å². The molecule has 0 bridgehead atoms. The number of phenols is 1. The van der Waals surface area contributed by atoms with E-state index in [1.807, 2.05) is 17.0 Å². The zero-order valence-corrected chi connectivity index (χ0v) is 13.9. The van der Waals surface area contributed by atoms with Gasteiger partial charge in [0.1, 0.15) is 5.75 Å². The second kappa shape index (κ2) is 7.82. The van der Waals surface area contributed by atoms with Crippen molar-refractivity contribution in [3.63, 3.8) is 0 Å². The van der Waals surface area contributed by atoms with Crippen LogP contribution in [0, 0.1) is 0 Å². The van der Waals surface area contributed by atoms with Gasteiger partial charge >= 0.3 is 0 Å². The van der Waals surface area contributed by atoms with Crippen LogP contribution in [0.3, 0.4) is 0 Å². The predicted octanol–water partition coefficient (Wildman–Crippen LogP) is 2.97. The smallest absolute Gasteiger partial charge is 0.223 e. The summed E-state index contributed by atoms with van der Waals surface area (Å²) < 4.78 is 0. The summed E-state index contributed by atoms with van der Waals surface area (Å²) in [7, 11) is 0. The van der Waals surface area contributed by atoms with E-state index < -0.39 is 0 Å². The number of piperidine rings is 2. The predicted molar refractivity (Wildman–Crippen MR) is 91.6 cm³/mol. The Labute approximate surface area is 139 Å². The van der Waals surface area contributed by atoms with E-state index in [9.17, 15) is 9.90 Å². The normalized spacial score (nSPS) is 20.6. The van der Waals surface area contributed by atoms with E-state index in [1.54, 1.807) is 12.1 Å². The number of carbonyl (C=O) groups is 1. The highest BCUT2D eigenvalue weighted by atomic mass is 16.3. The quantitative estimate of drug-likeness (QED) is 0.929. The van der Waals surface area contributed by atoms with Crippen LogP contribution < -0.4 is 0 Å². The van der Waals surface area contributed by atoms with Crippen LogP contribution in [0.25, 0.3) is 0 Å². The maximum Gasteiger partial charge on any atom is 0.223 e. The molecule has 1 aromatic carbocycles. The van der Waals surface area contributed by atoms with Gasteiger partial charge in [0.15, 0.2) is 0 Å². The van der Waals surface area contributed by atoms with Gasteiger partial charge in [-0.2, -0.15) is 0 Å². The van der Waals surface area contributed by atoms with E-state index in [4.69, 9.17) is 0 Å². The molecule has 2 saturated heterocycles. The number of rotatable bonds is 4. The molecule has 1 amide bonds. The molecule has 0 aliphatic carbocycles. The molecule has 0 atom stereocenters. The van der Waals surface area contributed by atoms with Crippen LogP contribution in [0.4, 0.5) is 0 Å². The number of aromatic hydroxyl groups is 1. The minimum Gasteiger partial charge on any atom is -0.508 e. The lowest BCUT2D eigenvalue weighted by Crippen LogP contribution is -2.39. The average Bonchev–Trinajstić information content (AvgIpc) is 2.61. The van der Waals surface area contributed by atoms with Gasteiger partial charge in [0.25, 0.3) is 0 Å². The Kier molecular flexibility index (Phi) is 5.55. The van der Waals surface area contributed by atoms with Crippen molar-refractivity contribution in [3.8, 4) is 5.75 Å². The van der Waals surface area contributed by atoms with Crippen LogP contribution >= 0.6 is 0 Å². The molecule has 126 valence electrons. The first-order valence-electron chi connectivity index (χ1n) is 9.01. The van der Waals surface area contributed by atoms with Crippen molar-refractivity contribution in [2.45, 2.75) is 44.4 Å². The minimum absolute atomic E-state index is 0.336. The van der Waals surface area contributed by atoms with Gasteiger partial charge in [-0.05, 0) is 68.8 Å². The van der Waals surface area contributed by atoms with Crippen LogP contribution in [-0.4, -0.2) is 53.5 Å². The summed E-state index contributed by atoms with van der Waals surface area (Å²) in [4.78, 5) is 16.7. The monoisotopic (exact) mass is 316 g/mol. The third kappa shape index (κ3) is 4.47. The summed E-state index contributed by atoms with van der Waals surface area (Å²) in [5.74, 6) is 1.26. The summed E-state index contributed by atoms with van der Waals surface area (Å²) in [5.41, 5.74) is 1.33. The van der Waals surface area contributed by atoms with Crippen LogP contribution in [0.2, 0.25) is 0 Å². The van der Waals surface area contributed by atoms with E-state index in [0.717, 1.165) is 45.6 Å². The highest BCUT2D eigenvalue weighted by Crippen LogP contribution is 2.29. The maximum absolute atomic E-state index is 12.2. The number of carbonyl (C=O) groups excluding carboxylic acids is 1. The molecule has 0 saturated carbocycles. The van der Waals surface area contributed by atoms with Crippen LogP contribution in [0.15, 0.2) is 24.3 Å². The topological polar surface area (TPSA) is 43.8 Å². The van der Waals surface area contributed by atoms with E-state index in [-0.39, 0.29) is 0 Å². The van der Waals surface area contributed by atoms with Gasteiger partial charge in [-0.1, -0.05) is 12.1 Å². The molecular weight excluding hydrogens is 288 g/mol. The fraction of sp³-hybridized carbons (Fsp3) is 0.632. The van der Waals surface area contributed by atoms with Gasteiger partial charge < -0.3 is 14.9 Å². The number of hydrogen-bond acceptors (Lipinski definition) is 3. The number of benzene rings is 1. The molecule has 1 N–H and O–H groups in total. The second-order valence-corrected chi connectivity index (χ2v) is 6.90. The molecular formula is C19H28N2O2. The molecule has 0 spiro atoms. The molecule has 0 radical (unpaired) electrons. The van der Waals surface area contributed by atoms with E-state index in [1.165, 1.54) is 24.8 Å². The first-order valence-corrected chi connectivity index (χ1v) is 9.01. The Balaban J connectivity index is 1.40. The lowest BCUT2D eigenvalue weighted by atomic mass is 9.89. The molecule has 4 heteroatoms. The molecule has 23 heavy (non-hydrogen) atoms.